The van der Waals surface area contributed by atoms with E-state index in [1.54, 1.807) is 18.6 Å². The van der Waals surface area contributed by atoms with Crippen LogP contribution < -0.4 is 5.32 Å². The van der Waals surface area contributed by atoms with Gasteiger partial charge < -0.3 is 5.32 Å². The van der Waals surface area contributed by atoms with E-state index in [0.29, 0.717) is 11.1 Å². The first-order valence-corrected chi connectivity index (χ1v) is 10.7. The molecule has 0 saturated heterocycles. The van der Waals surface area contributed by atoms with E-state index in [9.17, 15) is 0 Å². The minimum Gasteiger partial charge on any atom is -0.325 e. The minimum absolute atomic E-state index is 0.520. The van der Waals surface area contributed by atoms with Crippen molar-refractivity contribution in [2.45, 2.75) is 60.3 Å². The van der Waals surface area contributed by atoms with Crippen LogP contribution in [0.15, 0.2) is 36.8 Å². The number of anilines is 2. The summed E-state index contributed by atoms with van der Waals surface area (Å²) < 4.78 is 0. The molecule has 1 fully saturated rings. The van der Waals surface area contributed by atoms with Crippen molar-refractivity contribution < 1.29 is 0 Å². The van der Waals surface area contributed by atoms with Crippen molar-refractivity contribution >= 4 is 23.2 Å². The summed E-state index contributed by atoms with van der Waals surface area (Å²) in [6, 6.07) is 5.83. The fourth-order valence-electron chi connectivity index (χ4n) is 2.74. The van der Waals surface area contributed by atoms with Gasteiger partial charge in [0.15, 0.2) is 0 Å². The molecule has 3 aromatic rings. The van der Waals surface area contributed by atoms with Crippen LogP contribution in [0.2, 0.25) is 5.15 Å². The van der Waals surface area contributed by atoms with Gasteiger partial charge in [-0.15, -0.1) is 0 Å². The summed E-state index contributed by atoms with van der Waals surface area (Å²) >= 11 is 6.11. The monoisotopic (exact) mass is 411 g/mol. The average molecular weight is 412 g/mol. The maximum absolute atomic E-state index is 6.11. The van der Waals surface area contributed by atoms with Gasteiger partial charge in [-0.25, -0.2) is 19.9 Å². The molecular weight excluding hydrogens is 382 g/mol. The third-order valence-electron chi connectivity index (χ3n) is 4.53. The zero-order valence-corrected chi connectivity index (χ0v) is 18.9. The van der Waals surface area contributed by atoms with E-state index in [1.807, 2.05) is 52.8 Å². The Morgan fingerprint density at radius 2 is 1.59 bits per heavy atom. The molecule has 3 aromatic heterocycles. The second-order valence-corrected chi connectivity index (χ2v) is 6.70. The van der Waals surface area contributed by atoms with Crippen LogP contribution in [0, 0.1) is 13.8 Å². The molecule has 0 aromatic carbocycles. The molecule has 6 heteroatoms. The smallest absolute Gasteiger partial charge is 0.135 e. The van der Waals surface area contributed by atoms with Crippen LogP contribution in [0.25, 0.3) is 11.1 Å². The van der Waals surface area contributed by atoms with Crippen molar-refractivity contribution in [2.24, 2.45) is 0 Å². The van der Waals surface area contributed by atoms with Crippen LogP contribution in [-0.4, -0.2) is 19.9 Å². The van der Waals surface area contributed by atoms with Crippen molar-refractivity contribution in [1.29, 1.82) is 0 Å². The van der Waals surface area contributed by atoms with Gasteiger partial charge >= 0.3 is 0 Å². The Morgan fingerprint density at radius 1 is 0.897 bits per heavy atom. The van der Waals surface area contributed by atoms with Gasteiger partial charge in [0.25, 0.3) is 0 Å². The van der Waals surface area contributed by atoms with E-state index in [1.165, 1.54) is 12.8 Å². The van der Waals surface area contributed by atoms with Crippen LogP contribution in [0.3, 0.4) is 0 Å². The third kappa shape index (κ3) is 5.73. The van der Waals surface area contributed by atoms with E-state index < -0.39 is 0 Å². The van der Waals surface area contributed by atoms with Crippen LogP contribution in [0.1, 0.15) is 63.4 Å². The summed E-state index contributed by atoms with van der Waals surface area (Å²) in [6.07, 6.45) is 7.74. The number of hydrogen-bond donors (Lipinski definition) is 1. The van der Waals surface area contributed by atoms with Gasteiger partial charge in [-0.2, -0.15) is 0 Å². The van der Waals surface area contributed by atoms with E-state index in [-0.39, 0.29) is 0 Å². The van der Waals surface area contributed by atoms with Crippen molar-refractivity contribution in [3.05, 3.63) is 58.9 Å². The second kappa shape index (κ2) is 10.9. The van der Waals surface area contributed by atoms with Gasteiger partial charge in [0.1, 0.15) is 22.6 Å². The van der Waals surface area contributed by atoms with Gasteiger partial charge in [0.2, 0.25) is 0 Å². The Balaban J connectivity index is 0.000000707. The Hall–Kier alpha value is -2.53. The Labute approximate surface area is 179 Å². The first-order valence-electron chi connectivity index (χ1n) is 10.3. The molecule has 154 valence electrons. The van der Waals surface area contributed by atoms with E-state index in [2.05, 4.69) is 32.2 Å². The molecule has 3 heterocycles. The zero-order valence-electron chi connectivity index (χ0n) is 18.1. The number of pyridine rings is 2. The molecule has 0 amide bonds. The van der Waals surface area contributed by atoms with E-state index in [0.717, 1.165) is 39.7 Å². The molecule has 1 aliphatic rings. The molecule has 0 atom stereocenters. The highest BCUT2D eigenvalue weighted by Crippen LogP contribution is 2.38. The fourth-order valence-corrected chi connectivity index (χ4v) is 2.93. The normalized spacial score (nSPS) is 12.2. The van der Waals surface area contributed by atoms with Gasteiger partial charge in [0, 0.05) is 30.1 Å². The minimum atomic E-state index is 0.520. The summed E-state index contributed by atoms with van der Waals surface area (Å²) in [4.78, 5) is 17.6. The summed E-state index contributed by atoms with van der Waals surface area (Å²) in [5, 5.41) is 3.82. The maximum atomic E-state index is 6.11. The third-order valence-corrected chi connectivity index (χ3v) is 4.91. The molecule has 0 unspecified atom stereocenters. The highest BCUT2D eigenvalue weighted by Gasteiger charge is 2.26. The number of nitrogens with one attached hydrogen (secondary N) is 1. The van der Waals surface area contributed by atoms with Gasteiger partial charge in [-0.3, -0.25) is 0 Å². The summed E-state index contributed by atoms with van der Waals surface area (Å²) in [5.74, 6) is 2.94. The van der Waals surface area contributed by atoms with Crippen LogP contribution in [-0.2, 0) is 0 Å². The molecule has 29 heavy (non-hydrogen) atoms. The predicted molar refractivity (Wildman–Crippen MR) is 122 cm³/mol. The summed E-state index contributed by atoms with van der Waals surface area (Å²) in [5.41, 5.74) is 4.21. The largest absolute Gasteiger partial charge is 0.325 e. The number of nitrogens with zero attached hydrogens (tertiary/aromatic N) is 4. The number of rotatable bonds is 4. The highest BCUT2D eigenvalue weighted by molar-refractivity contribution is 6.30. The van der Waals surface area contributed by atoms with Crippen molar-refractivity contribution in [3.8, 4) is 11.1 Å². The molecule has 1 saturated carbocycles. The van der Waals surface area contributed by atoms with E-state index in [4.69, 9.17) is 11.6 Å². The Bertz CT molecular complexity index is 938. The standard InChI is InChI=1S/C19H18ClN5.2C2H6/c1-11-12(2)18(20)23-10-15(11)14-5-7-21-17(9-14)24-16-6-8-22-19(25-16)13-3-4-13;2*1-2/h5-10,13H,3-4H2,1-2H3,(H,21,22,24,25);2*1-2H3. The van der Waals surface area contributed by atoms with Crippen molar-refractivity contribution in [2.75, 3.05) is 5.32 Å². The average Bonchev–Trinajstić information content (AvgIpc) is 3.61. The van der Waals surface area contributed by atoms with Crippen LogP contribution in [0.4, 0.5) is 11.6 Å². The predicted octanol–water partition coefficient (Wildman–Crippen LogP) is 6.88. The molecule has 4 rings (SSSR count). The van der Waals surface area contributed by atoms with E-state index >= 15 is 0 Å². The molecule has 1 aliphatic carbocycles. The van der Waals surface area contributed by atoms with Crippen LogP contribution in [0.5, 0.6) is 0 Å². The molecule has 0 aliphatic heterocycles. The molecule has 0 spiro atoms. The first-order chi connectivity index (χ1) is 14.1. The first kappa shape index (κ1) is 22.8. The molecular formula is C23H30ClN5. The highest BCUT2D eigenvalue weighted by atomic mass is 35.5. The molecule has 5 nitrogen and oxygen atoms in total. The van der Waals surface area contributed by atoms with Crippen LogP contribution >= 0.6 is 11.6 Å². The number of hydrogen-bond acceptors (Lipinski definition) is 5. The lowest BCUT2D eigenvalue weighted by Crippen LogP contribution is -2.00. The lowest BCUT2D eigenvalue weighted by atomic mass is 10.0. The second-order valence-electron chi connectivity index (χ2n) is 6.34. The molecule has 0 radical (unpaired) electrons. The maximum Gasteiger partial charge on any atom is 0.135 e. The Morgan fingerprint density at radius 3 is 2.28 bits per heavy atom. The fraction of sp³-hybridized carbons (Fsp3) is 0.391. The Kier molecular flexibility index (Phi) is 8.52. The lowest BCUT2D eigenvalue weighted by Gasteiger charge is -2.11. The lowest BCUT2D eigenvalue weighted by molar-refractivity contribution is 0.929. The zero-order chi connectivity index (χ0) is 21.4. The SMILES string of the molecule is CC.CC.Cc1c(-c2ccnc(Nc3ccnc(C4CC4)n3)c2)cnc(Cl)c1C. The van der Waals surface area contributed by atoms with Gasteiger partial charge in [-0.05, 0) is 61.6 Å². The van der Waals surface area contributed by atoms with Gasteiger partial charge in [0.05, 0.1) is 0 Å². The topological polar surface area (TPSA) is 63.6 Å². The van der Waals surface area contributed by atoms with Crippen molar-refractivity contribution in [3.63, 3.8) is 0 Å². The summed E-state index contributed by atoms with van der Waals surface area (Å²) in [6.45, 7) is 12.0. The quantitative estimate of drug-likeness (QED) is 0.474. The van der Waals surface area contributed by atoms with Gasteiger partial charge in [-0.1, -0.05) is 39.3 Å². The summed E-state index contributed by atoms with van der Waals surface area (Å²) in [7, 11) is 0. The molecule has 1 N–H and O–H groups in total. The van der Waals surface area contributed by atoms with Crippen molar-refractivity contribution in [1.82, 2.24) is 19.9 Å². The molecule has 0 bridgehead atoms. The number of aromatic nitrogens is 4. The number of halogens is 1.